The molecular weight excluding hydrogens is 325 g/mol. The summed E-state index contributed by atoms with van der Waals surface area (Å²) in [7, 11) is 0. The highest BCUT2D eigenvalue weighted by Gasteiger charge is 2.29. The monoisotopic (exact) mass is 347 g/mol. The summed E-state index contributed by atoms with van der Waals surface area (Å²) in [5.74, 6) is -0.861. The van der Waals surface area contributed by atoms with E-state index in [0.717, 1.165) is 19.3 Å². The van der Waals surface area contributed by atoms with Crippen LogP contribution in [-0.4, -0.2) is 52.4 Å². The third-order valence-electron chi connectivity index (χ3n) is 4.51. The van der Waals surface area contributed by atoms with Crippen LogP contribution in [0.1, 0.15) is 36.0 Å². The number of carbonyl (C=O) groups is 2. The molecule has 0 aliphatic carbocycles. The number of carbonyl (C=O) groups excluding carboxylic acids is 2. The topological polar surface area (TPSA) is 104 Å². The number of nitrogens with zero attached hydrogens (tertiary/aromatic N) is 2. The standard InChI is InChI=1S/C17H22FN5O2/c18-11-7-13(16-14(8-11)21-10-22-16)17(25)23-6-2-1-3-12(23)9-20-15(24)4-5-19/h7-8,10,12H,1-6,9,19H2,(H,20,24)(H,21,22). The van der Waals surface area contributed by atoms with E-state index in [1.807, 2.05) is 0 Å². The molecule has 1 aliphatic heterocycles. The summed E-state index contributed by atoms with van der Waals surface area (Å²) in [6, 6.07) is 2.43. The molecule has 2 heterocycles. The number of imidazole rings is 1. The summed E-state index contributed by atoms with van der Waals surface area (Å²) in [5, 5.41) is 2.82. The van der Waals surface area contributed by atoms with Crippen molar-refractivity contribution >= 4 is 22.8 Å². The van der Waals surface area contributed by atoms with Crippen molar-refractivity contribution in [2.45, 2.75) is 31.7 Å². The maximum absolute atomic E-state index is 13.9. The number of aromatic amines is 1. The minimum absolute atomic E-state index is 0.111. The molecule has 8 heteroatoms. The van der Waals surface area contributed by atoms with E-state index in [4.69, 9.17) is 5.73 Å². The largest absolute Gasteiger partial charge is 0.354 e. The van der Waals surface area contributed by atoms with E-state index in [2.05, 4.69) is 15.3 Å². The Morgan fingerprint density at radius 2 is 2.24 bits per heavy atom. The van der Waals surface area contributed by atoms with E-state index in [1.165, 1.54) is 18.5 Å². The zero-order valence-corrected chi connectivity index (χ0v) is 13.9. The van der Waals surface area contributed by atoms with Crippen LogP contribution in [0.5, 0.6) is 0 Å². The molecule has 2 amide bonds. The molecule has 1 aromatic heterocycles. The molecule has 4 N–H and O–H groups in total. The molecule has 1 aliphatic rings. The van der Waals surface area contributed by atoms with Gasteiger partial charge < -0.3 is 20.9 Å². The van der Waals surface area contributed by atoms with Gasteiger partial charge in [0, 0.05) is 32.1 Å². The predicted octanol–water partition coefficient (Wildman–Crippen LogP) is 1.16. The first-order valence-corrected chi connectivity index (χ1v) is 8.50. The lowest BCUT2D eigenvalue weighted by molar-refractivity contribution is -0.121. The number of nitrogens with two attached hydrogens (primary N) is 1. The molecule has 0 radical (unpaired) electrons. The van der Waals surface area contributed by atoms with Crippen LogP contribution < -0.4 is 11.1 Å². The third-order valence-corrected chi connectivity index (χ3v) is 4.51. The van der Waals surface area contributed by atoms with Gasteiger partial charge in [-0.05, 0) is 31.4 Å². The van der Waals surface area contributed by atoms with Crippen LogP contribution in [-0.2, 0) is 4.79 Å². The van der Waals surface area contributed by atoms with Crippen LogP contribution in [0.4, 0.5) is 4.39 Å². The lowest BCUT2D eigenvalue weighted by Crippen LogP contribution is -2.49. The van der Waals surface area contributed by atoms with Crippen LogP contribution in [0, 0.1) is 5.82 Å². The molecule has 3 rings (SSSR count). The van der Waals surface area contributed by atoms with E-state index in [1.54, 1.807) is 4.90 Å². The van der Waals surface area contributed by atoms with Crippen molar-refractivity contribution < 1.29 is 14.0 Å². The highest BCUT2D eigenvalue weighted by atomic mass is 19.1. The zero-order chi connectivity index (χ0) is 17.8. The number of aromatic nitrogens is 2. The quantitative estimate of drug-likeness (QED) is 0.755. The number of likely N-dealkylation sites (tertiary alicyclic amines) is 1. The third kappa shape index (κ3) is 3.79. The van der Waals surface area contributed by atoms with Gasteiger partial charge in [0.15, 0.2) is 0 Å². The summed E-state index contributed by atoms with van der Waals surface area (Å²) in [6.07, 6.45) is 4.38. The molecule has 0 spiro atoms. The molecule has 1 saturated heterocycles. The van der Waals surface area contributed by atoms with Gasteiger partial charge in [-0.15, -0.1) is 0 Å². The van der Waals surface area contributed by atoms with Crippen molar-refractivity contribution in [2.24, 2.45) is 5.73 Å². The SMILES string of the molecule is NCCC(=O)NCC1CCCCN1C(=O)c1cc(F)cc2[nH]cnc12. The highest BCUT2D eigenvalue weighted by molar-refractivity contribution is 6.05. The van der Waals surface area contributed by atoms with Crippen LogP contribution >= 0.6 is 0 Å². The van der Waals surface area contributed by atoms with Crippen molar-refractivity contribution in [3.05, 3.63) is 29.8 Å². The maximum atomic E-state index is 13.9. The van der Waals surface area contributed by atoms with E-state index >= 15 is 0 Å². The lowest BCUT2D eigenvalue weighted by Gasteiger charge is -2.36. The maximum Gasteiger partial charge on any atom is 0.256 e. The lowest BCUT2D eigenvalue weighted by atomic mass is 10.00. The molecule has 7 nitrogen and oxygen atoms in total. The van der Waals surface area contributed by atoms with Crippen molar-refractivity contribution in [1.82, 2.24) is 20.2 Å². The minimum atomic E-state index is -0.482. The second-order valence-electron chi connectivity index (χ2n) is 6.24. The Morgan fingerprint density at radius 1 is 1.40 bits per heavy atom. The van der Waals surface area contributed by atoms with Crippen molar-refractivity contribution in [1.29, 1.82) is 0 Å². The molecule has 1 atom stereocenters. The van der Waals surface area contributed by atoms with Gasteiger partial charge in [0.25, 0.3) is 5.91 Å². The van der Waals surface area contributed by atoms with Gasteiger partial charge >= 0.3 is 0 Å². The van der Waals surface area contributed by atoms with Gasteiger partial charge in [0.05, 0.1) is 17.4 Å². The Labute approximate surface area is 144 Å². The van der Waals surface area contributed by atoms with Gasteiger partial charge in [-0.3, -0.25) is 9.59 Å². The molecule has 1 fully saturated rings. The number of hydrogen-bond donors (Lipinski definition) is 3. The normalized spacial score (nSPS) is 17.7. The molecule has 25 heavy (non-hydrogen) atoms. The van der Waals surface area contributed by atoms with Crippen LogP contribution in [0.15, 0.2) is 18.5 Å². The molecule has 1 aromatic carbocycles. The summed E-state index contributed by atoms with van der Waals surface area (Å²) in [6.45, 7) is 1.25. The summed E-state index contributed by atoms with van der Waals surface area (Å²) in [4.78, 5) is 33.4. The van der Waals surface area contributed by atoms with Crippen molar-refractivity contribution in [2.75, 3.05) is 19.6 Å². The van der Waals surface area contributed by atoms with Crippen LogP contribution in [0.2, 0.25) is 0 Å². The van der Waals surface area contributed by atoms with E-state index in [0.29, 0.717) is 30.7 Å². The number of rotatable bonds is 5. The Balaban J connectivity index is 1.80. The summed E-state index contributed by atoms with van der Waals surface area (Å²) >= 11 is 0. The van der Waals surface area contributed by atoms with Crippen molar-refractivity contribution in [3.63, 3.8) is 0 Å². The number of fused-ring (bicyclic) bond motifs is 1. The van der Waals surface area contributed by atoms with Crippen LogP contribution in [0.3, 0.4) is 0 Å². The number of amides is 2. The Hall–Kier alpha value is -2.48. The Kier molecular flexibility index (Phi) is 5.28. The first kappa shape index (κ1) is 17.3. The fourth-order valence-corrected chi connectivity index (χ4v) is 3.26. The first-order valence-electron chi connectivity index (χ1n) is 8.50. The van der Waals surface area contributed by atoms with E-state index in [9.17, 15) is 14.0 Å². The zero-order valence-electron chi connectivity index (χ0n) is 13.9. The smallest absolute Gasteiger partial charge is 0.256 e. The first-order chi connectivity index (χ1) is 12.1. The highest BCUT2D eigenvalue weighted by Crippen LogP contribution is 2.23. The van der Waals surface area contributed by atoms with E-state index in [-0.39, 0.29) is 29.8 Å². The molecular formula is C17H22FN5O2. The van der Waals surface area contributed by atoms with Gasteiger partial charge in [0.1, 0.15) is 11.3 Å². The molecule has 134 valence electrons. The minimum Gasteiger partial charge on any atom is -0.354 e. The summed E-state index contributed by atoms with van der Waals surface area (Å²) in [5.41, 5.74) is 6.58. The Morgan fingerprint density at radius 3 is 3.04 bits per heavy atom. The summed E-state index contributed by atoms with van der Waals surface area (Å²) < 4.78 is 13.9. The van der Waals surface area contributed by atoms with Crippen LogP contribution in [0.25, 0.3) is 11.0 Å². The second-order valence-corrected chi connectivity index (χ2v) is 6.24. The molecule has 1 unspecified atom stereocenters. The Bertz CT molecular complexity index is 775. The average Bonchev–Trinajstić information content (AvgIpc) is 3.07. The van der Waals surface area contributed by atoms with E-state index < -0.39 is 5.82 Å². The number of piperidine rings is 1. The number of halogens is 1. The number of H-pyrrole nitrogens is 1. The molecule has 2 aromatic rings. The fraction of sp³-hybridized carbons (Fsp3) is 0.471. The predicted molar refractivity (Wildman–Crippen MR) is 91.4 cm³/mol. The number of benzene rings is 1. The molecule has 0 saturated carbocycles. The van der Waals surface area contributed by atoms with Gasteiger partial charge in [-0.1, -0.05) is 0 Å². The van der Waals surface area contributed by atoms with Gasteiger partial charge in [-0.25, -0.2) is 9.37 Å². The fourth-order valence-electron chi connectivity index (χ4n) is 3.26. The molecule has 0 bridgehead atoms. The average molecular weight is 347 g/mol. The number of hydrogen-bond acceptors (Lipinski definition) is 4. The van der Waals surface area contributed by atoms with Crippen molar-refractivity contribution in [3.8, 4) is 0 Å². The van der Waals surface area contributed by atoms with Gasteiger partial charge in [0.2, 0.25) is 5.91 Å². The van der Waals surface area contributed by atoms with Gasteiger partial charge in [-0.2, -0.15) is 0 Å². The second kappa shape index (κ2) is 7.60. The number of nitrogens with one attached hydrogen (secondary N) is 2.